The number of alkyl halides is 2. The summed E-state index contributed by atoms with van der Waals surface area (Å²) >= 11 is 0. The molecule has 0 aromatic carbocycles. The molecule has 0 spiro atoms. The fourth-order valence-electron chi connectivity index (χ4n) is 2.44. The highest BCUT2D eigenvalue weighted by molar-refractivity contribution is 5.92. The summed E-state index contributed by atoms with van der Waals surface area (Å²) in [5, 5.41) is 3.28. The highest BCUT2D eigenvalue weighted by Gasteiger charge is 2.18. The summed E-state index contributed by atoms with van der Waals surface area (Å²) in [5.41, 5.74) is 0.318. The molecule has 0 saturated carbocycles. The van der Waals surface area contributed by atoms with E-state index in [2.05, 4.69) is 10.2 Å². The number of piperazine rings is 1. The Morgan fingerprint density at radius 3 is 2.81 bits per heavy atom. The molecule has 5 nitrogen and oxygen atoms in total. The number of rotatable bonds is 6. The van der Waals surface area contributed by atoms with E-state index in [1.807, 2.05) is 0 Å². The lowest BCUT2D eigenvalue weighted by Crippen LogP contribution is -2.46. The quantitative estimate of drug-likeness (QED) is 0.842. The minimum Gasteiger partial charge on any atom is -0.339 e. The van der Waals surface area contributed by atoms with Gasteiger partial charge in [0, 0.05) is 52.5 Å². The Hall–Kier alpha value is -1.47. The number of amides is 1. The first-order chi connectivity index (χ1) is 10.1. The van der Waals surface area contributed by atoms with E-state index in [4.69, 9.17) is 0 Å². The number of hydrogen-bond donors (Lipinski definition) is 1. The number of carbonyl (C=O) groups is 1. The molecular formula is C14H22F2N4O. The van der Waals surface area contributed by atoms with Gasteiger partial charge in [0.05, 0.1) is 6.54 Å². The van der Waals surface area contributed by atoms with Crippen molar-refractivity contribution in [3.8, 4) is 0 Å². The normalized spacial score (nSPS) is 16.4. The van der Waals surface area contributed by atoms with Crippen molar-refractivity contribution in [1.29, 1.82) is 0 Å². The van der Waals surface area contributed by atoms with Gasteiger partial charge < -0.3 is 14.8 Å². The summed E-state index contributed by atoms with van der Waals surface area (Å²) < 4.78 is 26.3. The van der Waals surface area contributed by atoms with Crippen LogP contribution < -0.4 is 5.32 Å². The molecule has 1 aliphatic heterocycles. The second-order valence-electron chi connectivity index (χ2n) is 5.26. The van der Waals surface area contributed by atoms with E-state index in [9.17, 15) is 13.6 Å². The van der Waals surface area contributed by atoms with Crippen molar-refractivity contribution >= 4 is 5.91 Å². The maximum absolute atomic E-state index is 12.5. The van der Waals surface area contributed by atoms with Crippen LogP contribution in [-0.4, -0.2) is 73.0 Å². The van der Waals surface area contributed by atoms with E-state index in [1.54, 1.807) is 24.1 Å². The molecule has 1 N–H and O–H groups in total. The van der Waals surface area contributed by atoms with Crippen LogP contribution in [0.3, 0.4) is 0 Å². The maximum Gasteiger partial charge on any atom is 0.270 e. The zero-order chi connectivity index (χ0) is 15.2. The van der Waals surface area contributed by atoms with Crippen LogP contribution >= 0.6 is 0 Å². The minimum atomic E-state index is -2.46. The molecule has 0 aliphatic carbocycles. The Labute approximate surface area is 123 Å². The standard InChI is InChI=1S/C14H22F2N4O/c1-18(9-10-19-7-4-17-5-8-19)14(21)12-3-2-6-20(12)11-13(15)16/h2-3,6,13,17H,4-5,7-11H2,1H3. The Bertz CT molecular complexity index is 458. The first kappa shape index (κ1) is 15.9. The van der Waals surface area contributed by atoms with Crippen molar-refractivity contribution in [2.75, 3.05) is 46.3 Å². The summed E-state index contributed by atoms with van der Waals surface area (Å²) in [5.74, 6) is -0.212. The van der Waals surface area contributed by atoms with Gasteiger partial charge in [-0.25, -0.2) is 8.78 Å². The van der Waals surface area contributed by atoms with Crippen molar-refractivity contribution in [1.82, 2.24) is 19.7 Å². The van der Waals surface area contributed by atoms with Crippen molar-refractivity contribution in [3.63, 3.8) is 0 Å². The molecule has 1 aliphatic rings. The summed E-state index contributed by atoms with van der Waals surface area (Å²) in [6.45, 7) is 4.84. The SMILES string of the molecule is CN(CCN1CCNCC1)C(=O)c1cccn1CC(F)F. The third kappa shape index (κ3) is 4.50. The van der Waals surface area contributed by atoms with Crippen molar-refractivity contribution < 1.29 is 13.6 Å². The Balaban J connectivity index is 1.88. The van der Waals surface area contributed by atoms with Gasteiger partial charge in [0.2, 0.25) is 0 Å². The topological polar surface area (TPSA) is 40.5 Å². The number of aromatic nitrogens is 1. The smallest absolute Gasteiger partial charge is 0.270 e. The number of likely N-dealkylation sites (N-methyl/N-ethyl adjacent to an activating group) is 1. The van der Waals surface area contributed by atoms with Crippen LogP contribution in [0, 0.1) is 0 Å². The molecule has 0 bridgehead atoms. The first-order valence-electron chi connectivity index (χ1n) is 7.20. The number of carbonyl (C=O) groups excluding carboxylic acids is 1. The number of nitrogens with one attached hydrogen (secondary N) is 1. The van der Waals surface area contributed by atoms with Crippen LogP contribution in [0.1, 0.15) is 10.5 Å². The number of nitrogens with zero attached hydrogens (tertiary/aromatic N) is 3. The van der Waals surface area contributed by atoms with Gasteiger partial charge >= 0.3 is 0 Å². The monoisotopic (exact) mass is 300 g/mol. The number of hydrogen-bond acceptors (Lipinski definition) is 3. The molecule has 1 fully saturated rings. The van der Waals surface area contributed by atoms with Crippen LogP contribution in [0.2, 0.25) is 0 Å². The molecule has 2 rings (SSSR count). The van der Waals surface area contributed by atoms with Crippen molar-refractivity contribution in [3.05, 3.63) is 24.0 Å². The second-order valence-corrected chi connectivity index (χ2v) is 5.26. The zero-order valence-corrected chi connectivity index (χ0v) is 12.3. The van der Waals surface area contributed by atoms with E-state index in [1.165, 1.54) is 10.8 Å². The highest BCUT2D eigenvalue weighted by Crippen LogP contribution is 2.09. The lowest BCUT2D eigenvalue weighted by Gasteiger charge is -2.29. The third-order valence-corrected chi connectivity index (χ3v) is 3.69. The van der Waals surface area contributed by atoms with E-state index < -0.39 is 13.0 Å². The molecule has 1 amide bonds. The second kappa shape index (κ2) is 7.51. The molecule has 7 heteroatoms. The predicted octanol–water partition coefficient (Wildman–Crippen LogP) is 0.730. The van der Waals surface area contributed by atoms with Gasteiger partial charge in [-0.05, 0) is 12.1 Å². The van der Waals surface area contributed by atoms with Gasteiger partial charge in [-0.2, -0.15) is 0 Å². The molecule has 0 atom stereocenters. The molecule has 1 aromatic heterocycles. The van der Waals surface area contributed by atoms with Crippen LogP contribution in [0.25, 0.3) is 0 Å². The predicted molar refractivity (Wildman–Crippen MR) is 76.7 cm³/mol. The summed E-state index contributed by atoms with van der Waals surface area (Å²) in [6.07, 6.45) is -0.945. The van der Waals surface area contributed by atoms with Gasteiger partial charge in [-0.1, -0.05) is 0 Å². The van der Waals surface area contributed by atoms with E-state index in [-0.39, 0.29) is 5.91 Å². The largest absolute Gasteiger partial charge is 0.339 e. The van der Waals surface area contributed by atoms with Gasteiger partial charge in [0.25, 0.3) is 12.3 Å². The molecular weight excluding hydrogens is 278 g/mol. The summed E-state index contributed by atoms with van der Waals surface area (Å²) in [6, 6.07) is 3.21. The van der Waals surface area contributed by atoms with E-state index in [0.29, 0.717) is 12.2 Å². The Morgan fingerprint density at radius 1 is 1.43 bits per heavy atom. The molecule has 1 aromatic rings. The minimum absolute atomic E-state index is 0.212. The summed E-state index contributed by atoms with van der Waals surface area (Å²) in [7, 11) is 1.71. The van der Waals surface area contributed by atoms with Crippen LogP contribution in [0.15, 0.2) is 18.3 Å². The lowest BCUT2D eigenvalue weighted by molar-refractivity contribution is 0.0754. The van der Waals surface area contributed by atoms with E-state index in [0.717, 1.165) is 32.7 Å². The van der Waals surface area contributed by atoms with Crippen LogP contribution in [0.4, 0.5) is 8.78 Å². The molecule has 118 valence electrons. The van der Waals surface area contributed by atoms with Gasteiger partial charge in [-0.15, -0.1) is 0 Å². The van der Waals surface area contributed by atoms with Gasteiger partial charge in [0.1, 0.15) is 5.69 Å². The maximum atomic E-state index is 12.5. The summed E-state index contributed by atoms with van der Waals surface area (Å²) in [4.78, 5) is 16.2. The van der Waals surface area contributed by atoms with E-state index >= 15 is 0 Å². The molecule has 1 saturated heterocycles. The van der Waals surface area contributed by atoms with Gasteiger partial charge in [0.15, 0.2) is 0 Å². The first-order valence-corrected chi connectivity index (χ1v) is 7.20. The van der Waals surface area contributed by atoms with Crippen molar-refractivity contribution in [2.24, 2.45) is 0 Å². The lowest BCUT2D eigenvalue weighted by atomic mass is 10.3. The third-order valence-electron chi connectivity index (χ3n) is 3.69. The van der Waals surface area contributed by atoms with Crippen molar-refractivity contribution in [2.45, 2.75) is 13.0 Å². The van der Waals surface area contributed by atoms with Gasteiger partial charge in [-0.3, -0.25) is 9.69 Å². The average Bonchev–Trinajstić information content (AvgIpc) is 2.92. The fraction of sp³-hybridized carbons (Fsp3) is 0.643. The molecule has 0 unspecified atom stereocenters. The Kier molecular flexibility index (Phi) is 5.69. The molecule has 21 heavy (non-hydrogen) atoms. The Morgan fingerprint density at radius 2 is 2.14 bits per heavy atom. The van der Waals surface area contributed by atoms with Crippen LogP contribution in [0.5, 0.6) is 0 Å². The average molecular weight is 300 g/mol. The zero-order valence-electron chi connectivity index (χ0n) is 12.3. The molecule has 2 heterocycles. The number of halogens is 2. The molecule has 0 radical (unpaired) electrons. The fourth-order valence-corrected chi connectivity index (χ4v) is 2.44. The highest BCUT2D eigenvalue weighted by atomic mass is 19.3. The van der Waals surface area contributed by atoms with Crippen LogP contribution in [-0.2, 0) is 6.54 Å².